The Morgan fingerprint density at radius 3 is 2.50 bits per heavy atom. The van der Waals surface area contributed by atoms with Crippen molar-refractivity contribution in [3.63, 3.8) is 0 Å². The van der Waals surface area contributed by atoms with E-state index in [0.29, 0.717) is 4.88 Å². The molecule has 0 spiro atoms. The lowest BCUT2D eigenvalue weighted by atomic mass is 10.2. The van der Waals surface area contributed by atoms with Crippen LogP contribution in [-0.4, -0.2) is 16.7 Å². The molecule has 1 heterocycles. The summed E-state index contributed by atoms with van der Waals surface area (Å²) in [6, 6.07) is 5.72. The molecule has 2 aromatic rings. The average molecular weight is 412 g/mol. The molecule has 0 bridgehead atoms. The number of rotatable bonds is 4. The number of carbonyl (C=O) groups excluding carboxylic acids is 2. The van der Waals surface area contributed by atoms with Crippen LogP contribution in [0.4, 0.5) is 5.69 Å². The molecular formula is C15H14BrN3O4S. The predicted octanol–water partition coefficient (Wildman–Crippen LogP) is 3.36. The Bertz CT molecular complexity index is 819. The van der Waals surface area contributed by atoms with E-state index in [9.17, 15) is 19.7 Å². The van der Waals surface area contributed by atoms with Crippen LogP contribution in [0.3, 0.4) is 0 Å². The zero-order valence-electron chi connectivity index (χ0n) is 12.9. The molecule has 0 aliphatic carbocycles. The lowest BCUT2D eigenvalue weighted by Gasteiger charge is -2.06. The maximum absolute atomic E-state index is 12.1. The van der Waals surface area contributed by atoms with Gasteiger partial charge in [-0.15, -0.1) is 11.3 Å². The lowest BCUT2D eigenvalue weighted by molar-refractivity contribution is -0.385. The summed E-state index contributed by atoms with van der Waals surface area (Å²) in [5, 5.41) is 10.9. The van der Waals surface area contributed by atoms with E-state index in [2.05, 4.69) is 26.8 Å². The number of nitro benzene ring substituents is 1. The van der Waals surface area contributed by atoms with Crippen molar-refractivity contribution < 1.29 is 14.5 Å². The number of carbonyl (C=O) groups is 2. The smallest absolute Gasteiger partial charge is 0.267 e. The quantitative estimate of drug-likeness (QED) is 0.594. The van der Waals surface area contributed by atoms with Gasteiger partial charge in [-0.05, 0) is 53.0 Å². The Balaban J connectivity index is 2.06. The summed E-state index contributed by atoms with van der Waals surface area (Å²) in [6.07, 6.45) is 0.832. The number of benzene rings is 1. The summed E-state index contributed by atoms with van der Waals surface area (Å²) in [7, 11) is 0. The van der Waals surface area contributed by atoms with Gasteiger partial charge >= 0.3 is 0 Å². The molecule has 0 aliphatic heterocycles. The number of hydrazine groups is 1. The molecule has 1 aromatic carbocycles. The Morgan fingerprint density at radius 2 is 1.92 bits per heavy atom. The minimum atomic E-state index is -0.636. The number of aryl methyl sites for hydroxylation is 2. The first kappa shape index (κ1) is 18.1. The molecular weight excluding hydrogens is 398 g/mol. The molecule has 0 fully saturated rings. The number of thiophene rings is 1. The van der Waals surface area contributed by atoms with Gasteiger partial charge in [-0.25, -0.2) is 0 Å². The average Bonchev–Trinajstić information content (AvgIpc) is 2.93. The Labute approximate surface area is 150 Å². The van der Waals surface area contributed by atoms with E-state index in [1.807, 2.05) is 13.8 Å². The van der Waals surface area contributed by atoms with Crippen LogP contribution in [0.25, 0.3) is 0 Å². The van der Waals surface area contributed by atoms with Gasteiger partial charge in [0.2, 0.25) is 0 Å². The highest BCUT2D eigenvalue weighted by molar-refractivity contribution is 9.10. The summed E-state index contributed by atoms with van der Waals surface area (Å²) in [4.78, 5) is 36.0. The fraction of sp³-hybridized carbons (Fsp3) is 0.200. The molecule has 0 saturated carbocycles. The Morgan fingerprint density at radius 1 is 1.25 bits per heavy atom. The molecule has 0 unspecified atom stereocenters. The van der Waals surface area contributed by atoms with Gasteiger partial charge in [0, 0.05) is 16.5 Å². The third-order valence-electron chi connectivity index (χ3n) is 3.26. The molecule has 0 atom stereocenters. The fourth-order valence-corrected chi connectivity index (χ4v) is 3.42. The number of nitrogens with zero attached hydrogens (tertiary/aromatic N) is 1. The number of hydrogen-bond donors (Lipinski definition) is 2. The highest BCUT2D eigenvalue weighted by Crippen LogP contribution is 2.25. The molecule has 7 nitrogen and oxygen atoms in total. The summed E-state index contributed by atoms with van der Waals surface area (Å²) < 4.78 is 0.272. The largest absolute Gasteiger partial charge is 0.284 e. The topological polar surface area (TPSA) is 101 Å². The molecule has 1 aromatic heterocycles. The van der Waals surface area contributed by atoms with Crippen LogP contribution >= 0.6 is 27.3 Å². The van der Waals surface area contributed by atoms with Crippen LogP contribution in [-0.2, 0) is 6.42 Å². The third kappa shape index (κ3) is 3.98. The van der Waals surface area contributed by atoms with E-state index >= 15 is 0 Å². The van der Waals surface area contributed by atoms with Crippen LogP contribution in [0.5, 0.6) is 0 Å². The molecule has 9 heteroatoms. The van der Waals surface area contributed by atoms with Gasteiger partial charge in [0.05, 0.1) is 14.3 Å². The van der Waals surface area contributed by atoms with Crippen molar-refractivity contribution in [1.29, 1.82) is 0 Å². The monoisotopic (exact) mass is 411 g/mol. The van der Waals surface area contributed by atoms with Gasteiger partial charge in [-0.3, -0.25) is 30.6 Å². The minimum absolute atomic E-state index is 0.0711. The van der Waals surface area contributed by atoms with E-state index in [0.717, 1.165) is 22.9 Å². The van der Waals surface area contributed by atoms with E-state index in [4.69, 9.17) is 0 Å². The van der Waals surface area contributed by atoms with E-state index < -0.39 is 16.7 Å². The second kappa shape index (κ2) is 7.54. The van der Waals surface area contributed by atoms with Crippen molar-refractivity contribution in [2.45, 2.75) is 20.3 Å². The number of halogens is 1. The van der Waals surface area contributed by atoms with Crippen molar-refractivity contribution in [3.8, 4) is 0 Å². The summed E-state index contributed by atoms with van der Waals surface area (Å²) in [5.74, 6) is -1.06. The SMILES string of the molecule is CCc1sc(C(=O)NNC(=O)c2ccc(Br)c([N+](=O)[O-])c2)cc1C. The third-order valence-corrected chi connectivity index (χ3v) is 5.31. The van der Waals surface area contributed by atoms with E-state index in [1.54, 1.807) is 6.07 Å². The van der Waals surface area contributed by atoms with Gasteiger partial charge in [0.15, 0.2) is 0 Å². The number of amides is 2. The molecule has 126 valence electrons. The van der Waals surface area contributed by atoms with Gasteiger partial charge in [0.1, 0.15) is 0 Å². The van der Waals surface area contributed by atoms with E-state index in [1.165, 1.54) is 23.5 Å². The fourth-order valence-electron chi connectivity index (χ4n) is 2.02. The lowest BCUT2D eigenvalue weighted by Crippen LogP contribution is -2.41. The first-order chi connectivity index (χ1) is 11.3. The Kier molecular flexibility index (Phi) is 5.68. The first-order valence-electron chi connectivity index (χ1n) is 6.97. The molecule has 0 aliphatic rings. The van der Waals surface area contributed by atoms with Crippen LogP contribution in [0.1, 0.15) is 37.4 Å². The van der Waals surface area contributed by atoms with Gasteiger partial charge in [0.25, 0.3) is 17.5 Å². The van der Waals surface area contributed by atoms with Gasteiger partial charge < -0.3 is 0 Å². The second-order valence-electron chi connectivity index (χ2n) is 4.90. The number of nitro groups is 1. The van der Waals surface area contributed by atoms with E-state index in [-0.39, 0.29) is 15.7 Å². The second-order valence-corrected chi connectivity index (χ2v) is 6.89. The highest BCUT2D eigenvalue weighted by atomic mass is 79.9. The van der Waals surface area contributed by atoms with Crippen LogP contribution in [0, 0.1) is 17.0 Å². The first-order valence-corrected chi connectivity index (χ1v) is 8.58. The summed E-state index contributed by atoms with van der Waals surface area (Å²) in [6.45, 7) is 3.92. The van der Waals surface area contributed by atoms with Crippen molar-refractivity contribution in [2.75, 3.05) is 0 Å². The summed E-state index contributed by atoms with van der Waals surface area (Å²) >= 11 is 4.41. The molecule has 2 amide bonds. The number of nitrogens with one attached hydrogen (secondary N) is 2. The maximum Gasteiger partial charge on any atom is 0.284 e. The van der Waals surface area contributed by atoms with Gasteiger partial charge in [-0.1, -0.05) is 6.92 Å². The zero-order chi connectivity index (χ0) is 17.9. The molecule has 24 heavy (non-hydrogen) atoms. The van der Waals surface area contributed by atoms with Crippen LogP contribution in [0.15, 0.2) is 28.7 Å². The van der Waals surface area contributed by atoms with Crippen molar-refractivity contribution >= 4 is 44.8 Å². The molecule has 0 saturated heterocycles. The van der Waals surface area contributed by atoms with Crippen LogP contribution in [0.2, 0.25) is 0 Å². The van der Waals surface area contributed by atoms with Crippen molar-refractivity contribution in [2.24, 2.45) is 0 Å². The van der Waals surface area contributed by atoms with Gasteiger partial charge in [-0.2, -0.15) is 0 Å². The van der Waals surface area contributed by atoms with Crippen LogP contribution < -0.4 is 10.9 Å². The van der Waals surface area contributed by atoms with Crippen molar-refractivity contribution in [1.82, 2.24) is 10.9 Å². The molecule has 2 rings (SSSR count). The normalized spacial score (nSPS) is 10.3. The summed E-state index contributed by atoms with van der Waals surface area (Å²) in [5.41, 5.74) is 5.45. The number of hydrogen-bond acceptors (Lipinski definition) is 5. The zero-order valence-corrected chi connectivity index (χ0v) is 15.3. The Hall–Kier alpha value is -2.26. The highest BCUT2D eigenvalue weighted by Gasteiger charge is 2.17. The minimum Gasteiger partial charge on any atom is -0.267 e. The molecule has 2 N–H and O–H groups in total. The molecule has 0 radical (unpaired) electrons. The standard InChI is InChI=1S/C15H14BrN3O4S/c1-3-12-8(2)6-13(24-12)15(21)18-17-14(20)9-4-5-10(16)11(7-9)19(22)23/h4-7H,3H2,1-2H3,(H,17,20)(H,18,21). The van der Waals surface area contributed by atoms with Crippen molar-refractivity contribution in [3.05, 3.63) is 59.7 Å². The maximum atomic E-state index is 12.1. The predicted molar refractivity (Wildman–Crippen MR) is 94.2 cm³/mol.